The van der Waals surface area contributed by atoms with Gasteiger partial charge in [-0.3, -0.25) is 38.8 Å². The third kappa shape index (κ3) is 16.2. The Labute approximate surface area is 330 Å². The van der Waals surface area contributed by atoms with E-state index in [2.05, 4.69) is 0 Å². The van der Waals surface area contributed by atoms with Crippen LogP contribution in [0.3, 0.4) is 0 Å². The van der Waals surface area contributed by atoms with Crippen LogP contribution in [-0.2, 0) is 54.0 Å². The van der Waals surface area contributed by atoms with Crippen LogP contribution in [0.15, 0.2) is 24.3 Å². The summed E-state index contributed by atoms with van der Waals surface area (Å²) in [5.41, 5.74) is 1.05. The maximum absolute atomic E-state index is 13.4. The largest absolute Gasteiger partial charge is 0.491 e. The van der Waals surface area contributed by atoms with E-state index in [9.17, 15) is 34.5 Å². The van der Waals surface area contributed by atoms with Crippen molar-refractivity contribution in [2.45, 2.75) is 50.4 Å². The maximum Gasteiger partial charge on any atom is 0.325 e. The van der Waals surface area contributed by atoms with Crippen molar-refractivity contribution in [2.24, 2.45) is 0 Å². The SMILES string of the molecule is CCOCCOCCOc1ccc(CCC[C@@H](C(=O)OC)N2CCN([C@H](CO)C(=O)OC)CCN([C@@H](CO)C(=O)OC)CCN([C@@H](CO)C(=O)OC)CC2)cc1. The first-order valence-corrected chi connectivity index (χ1v) is 19.1. The number of hydrogen-bond acceptors (Lipinski definition) is 18. The zero-order chi connectivity index (χ0) is 41.3. The van der Waals surface area contributed by atoms with Crippen LogP contribution in [0.1, 0.15) is 25.3 Å². The van der Waals surface area contributed by atoms with Crippen LogP contribution in [-0.4, -0.2) is 217 Å². The Morgan fingerprint density at radius 2 is 0.911 bits per heavy atom. The van der Waals surface area contributed by atoms with Crippen molar-refractivity contribution >= 4 is 23.9 Å². The van der Waals surface area contributed by atoms with Gasteiger partial charge in [0.1, 0.15) is 36.5 Å². The number of methoxy groups -OCH3 is 4. The number of nitrogens with zero attached hydrogens (tertiary/aromatic N) is 4. The Balaban J connectivity index is 2.33. The molecule has 18 heteroatoms. The number of benzene rings is 1. The van der Waals surface area contributed by atoms with E-state index in [4.69, 9.17) is 33.2 Å². The second-order valence-corrected chi connectivity index (χ2v) is 13.0. The number of esters is 4. The fraction of sp³-hybridized carbons (Fsp3) is 0.737. The zero-order valence-corrected chi connectivity index (χ0v) is 33.7. The minimum absolute atomic E-state index is 0.135. The number of carbonyl (C=O) groups excluding carboxylic acids is 4. The topological polar surface area (TPSA) is 207 Å². The summed E-state index contributed by atoms with van der Waals surface area (Å²) < 4.78 is 36.7. The molecule has 0 spiro atoms. The quantitative estimate of drug-likeness (QED) is 0.0676. The lowest BCUT2D eigenvalue weighted by Gasteiger charge is -2.39. The zero-order valence-electron chi connectivity index (χ0n) is 33.7. The number of aliphatic hydroxyl groups excluding tert-OH is 3. The monoisotopic (exact) mass is 800 g/mol. The maximum atomic E-state index is 13.4. The van der Waals surface area contributed by atoms with Gasteiger partial charge < -0.3 is 48.5 Å². The summed E-state index contributed by atoms with van der Waals surface area (Å²) in [4.78, 5) is 58.8. The van der Waals surface area contributed by atoms with Crippen LogP contribution in [0.25, 0.3) is 0 Å². The molecule has 0 amide bonds. The molecule has 2 rings (SSSR count). The van der Waals surface area contributed by atoms with E-state index in [0.29, 0.717) is 58.0 Å². The van der Waals surface area contributed by atoms with E-state index in [0.717, 1.165) is 5.56 Å². The molecule has 0 unspecified atom stereocenters. The van der Waals surface area contributed by atoms with Crippen LogP contribution < -0.4 is 4.74 Å². The molecular formula is C38H64N4O14. The van der Waals surface area contributed by atoms with Gasteiger partial charge in [-0.25, -0.2) is 0 Å². The molecule has 1 aliphatic rings. The first-order chi connectivity index (χ1) is 27.1. The summed E-state index contributed by atoms with van der Waals surface area (Å²) in [7, 11) is 4.98. The molecule has 56 heavy (non-hydrogen) atoms. The van der Waals surface area contributed by atoms with Gasteiger partial charge in [-0.2, -0.15) is 0 Å². The minimum Gasteiger partial charge on any atom is -0.491 e. The van der Waals surface area contributed by atoms with Gasteiger partial charge >= 0.3 is 23.9 Å². The van der Waals surface area contributed by atoms with E-state index in [-0.39, 0.29) is 52.4 Å². The van der Waals surface area contributed by atoms with Crippen molar-refractivity contribution in [1.29, 1.82) is 0 Å². The first-order valence-electron chi connectivity index (χ1n) is 19.1. The van der Waals surface area contributed by atoms with Crippen LogP contribution in [0, 0.1) is 0 Å². The Hall–Kier alpha value is -3.46. The summed E-state index contributed by atoms with van der Waals surface area (Å²) in [5, 5.41) is 30.8. The molecule has 1 heterocycles. The second kappa shape index (κ2) is 28.0. The fourth-order valence-corrected chi connectivity index (χ4v) is 6.57. The molecular weight excluding hydrogens is 736 g/mol. The van der Waals surface area contributed by atoms with Gasteiger partial charge in [0.15, 0.2) is 0 Å². The predicted octanol–water partition coefficient (Wildman–Crippen LogP) is -1.19. The van der Waals surface area contributed by atoms with Gasteiger partial charge in [0, 0.05) is 59.0 Å². The molecule has 18 nitrogen and oxygen atoms in total. The van der Waals surface area contributed by atoms with E-state index in [1.165, 1.54) is 28.4 Å². The molecule has 0 bridgehead atoms. The van der Waals surface area contributed by atoms with Gasteiger partial charge in [0.2, 0.25) is 0 Å². The molecule has 3 N–H and O–H groups in total. The number of carbonyl (C=O) groups is 4. The molecule has 0 aromatic heterocycles. The van der Waals surface area contributed by atoms with Crippen molar-refractivity contribution < 1.29 is 67.7 Å². The molecule has 1 fully saturated rings. The van der Waals surface area contributed by atoms with E-state index in [1.54, 1.807) is 14.7 Å². The Morgan fingerprint density at radius 1 is 0.554 bits per heavy atom. The number of aliphatic hydroxyl groups is 3. The summed E-state index contributed by atoms with van der Waals surface area (Å²) in [5.74, 6) is -1.75. The third-order valence-electron chi connectivity index (χ3n) is 9.81. The highest BCUT2D eigenvalue weighted by molar-refractivity contribution is 5.77. The van der Waals surface area contributed by atoms with Crippen LogP contribution in [0.5, 0.6) is 5.75 Å². The third-order valence-corrected chi connectivity index (χ3v) is 9.81. The molecule has 0 aliphatic carbocycles. The summed E-state index contributed by atoms with van der Waals surface area (Å²) >= 11 is 0. The highest BCUT2D eigenvalue weighted by Gasteiger charge is 2.35. The lowest BCUT2D eigenvalue weighted by Crippen LogP contribution is -2.57. The van der Waals surface area contributed by atoms with E-state index >= 15 is 0 Å². The lowest BCUT2D eigenvalue weighted by atomic mass is 10.0. The van der Waals surface area contributed by atoms with Crippen molar-refractivity contribution in [3.63, 3.8) is 0 Å². The number of ether oxygens (including phenoxy) is 7. The molecule has 1 aliphatic heterocycles. The average Bonchev–Trinajstić information content (AvgIpc) is 3.22. The van der Waals surface area contributed by atoms with Gasteiger partial charge in [0.05, 0.1) is 68.1 Å². The highest BCUT2D eigenvalue weighted by Crippen LogP contribution is 2.18. The molecule has 1 aromatic carbocycles. The standard InChI is InChI=1S/C38H64N4O14/c1-6-54-22-23-55-24-25-56-30-12-10-29(11-13-30)8-7-9-31(35(46)50-2)39-14-16-40(32(26-43)36(47)51-3)18-20-42(34(28-45)38(49)53-5)21-19-41(17-15-39)33(27-44)37(48)52-4/h10-13,31-34,43-45H,6-9,14-28H2,1-5H3/t31-,32-,33+,34-/m0/s1. The second-order valence-electron chi connectivity index (χ2n) is 13.0. The Morgan fingerprint density at radius 3 is 1.29 bits per heavy atom. The van der Waals surface area contributed by atoms with E-state index < -0.39 is 67.9 Å². The molecule has 1 aromatic rings. The molecule has 1 saturated heterocycles. The molecule has 0 saturated carbocycles. The van der Waals surface area contributed by atoms with Crippen LogP contribution >= 0.6 is 0 Å². The number of hydrogen-bond donors (Lipinski definition) is 3. The first kappa shape index (κ1) is 48.7. The highest BCUT2D eigenvalue weighted by atomic mass is 16.5. The van der Waals surface area contributed by atoms with Crippen LogP contribution in [0.2, 0.25) is 0 Å². The van der Waals surface area contributed by atoms with Crippen molar-refractivity contribution in [1.82, 2.24) is 19.6 Å². The smallest absolute Gasteiger partial charge is 0.325 e. The summed E-state index contributed by atoms with van der Waals surface area (Å²) in [6.45, 7) is 4.19. The minimum atomic E-state index is -1.07. The predicted molar refractivity (Wildman–Crippen MR) is 203 cm³/mol. The fourth-order valence-electron chi connectivity index (χ4n) is 6.57. The van der Waals surface area contributed by atoms with Crippen molar-refractivity contribution in [3.8, 4) is 5.75 Å². The van der Waals surface area contributed by atoms with Crippen molar-refractivity contribution in [3.05, 3.63) is 29.8 Å². The molecule has 0 radical (unpaired) electrons. The number of aryl methyl sites for hydroxylation is 1. The Kier molecular flexibility index (Phi) is 24.4. The van der Waals surface area contributed by atoms with Gasteiger partial charge in [-0.05, 0) is 43.9 Å². The summed E-state index contributed by atoms with van der Waals surface area (Å²) in [6, 6.07) is 3.83. The molecule has 4 atom stereocenters. The summed E-state index contributed by atoms with van der Waals surface area (Å²) in [6.07, 6.45) is 1.69. The Bertz CT molecular complexity index is 1240. The van der Waals surface area contributed by atoms with Gasteiger partial charge in [0.25, 0.3) is 0 Å². The molecule has 320 valence electrons. The lowest BCUT2D eigenvalue weighted by molar-refractivity contribution is -0.153. The normalized spacial score (nSPS) is 17.7. The van der Waals surface area contributed by atoms with Gasteiger partial charge in [-0.1, -0.05) is 12.1 Å². The average molecular weight is 801 g/mol. The van der Waals surface area contributed by atoms with Crippen LogP contribution in [0.4, 0.5) is 0 Å². The van der Waals surface area contributed by atoms with E-state index in [1.807, 2.05) is 36.1 Å². The van der Waals surface area contributed by atoms with Crippen molar-refractivity contribution in [2.75, 3.05) is 134 Å². The number of rotatable bonds is 23. The van der Waals surface area contributed by atoms with Gasteiger partial charge in [-0.15, -0.1) is 0 Å².